The van der Waals surface area contributed by atoms with E-state index in [1.807, 2.05) is 0 Å². The van der Waals surface area contributed by atoms with Crippen molar-refractivity contribution in [2.45, 2.75) is 11.4 Å². The number of alkyl halides is 3. The first-order valence-electron chi connectivity index (χ1n) is 10.7. The third kappa shape index (κ3) is 8.12. The Hall–Kier alpha value is -4.28. The number of pyridine rings is 1. The van der Waals surface area contributed by atoms with E-state index < -0.39 is 28.1 Å². The second-order valence-electron chi connectivity index (χ2n) is 7.34. The summed E-state index contributed by atoms with van der Waals surface area (Å²) in [6, 6.07) is 13.1. The van der Waals surface area contributed by atoms with E-state index in [0.29, 0.717) is 0 Å². The first-order valence-corrected chi connectivity index (χ1v) is 12.2. The van der Waals surface area contributed by atoms with Crippen molar-refractivity contribution in [1.82, 2.24) is 4.98 Å². The largest absolute Gasteiger partial charge is 0.573 e. The van der Waals surface area contributed by atoms with Crippen LogP contribution in [0.1, 0.15) is 21.6 Å². The number of anilines is 1. The minimum atomic E-state index is -4.85. The molecule has 9 nitrogen and oxygen atoms in total. The van der Waals surface area contributed by atoms with Gasteiger partial charge in [0.25, 0.3) is 10.0 Å². The van der Waals surface area contributed by atoms with Crippen LogP contribution in [0.3, 0.4) is 0 Å². The number of rotatable bonds is 9. The third-order valence-corrected chi connectivity index (χ3v) is 5.87. The monoisotopic (exact) mass is 550 g/mol. The predicted molar refractivity (Wildman–Crippen MR) is 129 cm³/mol. The van der Waals surface area contributed by atoms with Gasteiger partial charge in [0.2, 0.25) is 0 Å². The molecule has 0 spiro atoms. The number of carbonyl (C=O) groups excluding carboxylic acids is 1. The number of hydrogen-bond donors (Lipinski definition) is 1. The number of aromatic nitrogens is 1. The van der Waals surface area contributed by atoms with Gasteiger partial charge in [-0.3, -0.25) is 4.72 Å². The Morgan fingerprint density at radius 3 is 2.47 bits per heavy atom. The SMILES string of the molecule is COCCOC(=O)c1ccc(NS(=O)(=O)c2cccc(C#Cc3cccc(OC(F)(F)F)c3)n2)c(OC)c1. The van der Waals surface area contributed by atoms with Crippen LogP contribution in [-0.4, -0.2) is 53.2 Å². The maximum Gasteiger partial charge on any atom is 0.573 e. The van der Waals surface area contributed by atoms with Gasteiger partial charge in [-0.2, -0.15) is 8.42 Å². The summed E-state index contributed by atoms with van der Waals surface area (Å²) < 4.78 is 84.5. The summed E-state index contributed by atoms with van der Waals surface area (Å²) in [5.41, 5.74) is 0.434. The highest BCUT2D eigenvalue weighted by Crippen LogP contribution is 2.28. The van der Waals surface area contributed by atoms with Crippen molar-refractivity contribution in [3.8, 4) is 23.3 Å². The van der Waals surface area contributed by atoms with Crippen molar-refractivity contribution in [3.63, 3.8) is 0 Å². The molecule has 0 saturated carbocycles. The molecule has 1 heterocycles. The molecule has 3 aromatic rings. The van der Waals surface area contributed by atoms with Crippen LogP contribution in [0.2, 0.25) is 0 Å². The smallest absolute Gasteiger partial charge is 0.495 e. The Morgan fingerprint density at radius 1 is 1.00 bits per heavy atom. The Kier molecular flexibility index (Phi) is 9.16. The van der Waals surface area contributed by atoms with E-state index in [9.17, 15) is 26.4 Å². The second kappa shape index (κ2) is 12.3. The van der Waals surface area contributed by atoms with Gasteiger partial charge in [0.1, 0.15) is 23.8 Å². The lowest BCUT2D eigenvalue weighted by Gasteiger charge is -2.13. The molecule has 0 unspecified atom stereocenters. The highest BCUT2D eigenvalue weighted by molar-refractivity contribution is 7.92. The van der Waals surface area contributed by atoms with Crippen LogP contribution in [-0.2, 0) is 19.5 Å². The number of methoxy groups -OCH3 is 2. The quantitative estimate of drug-likeness (QED) is 0.242. The molecular weight excluding hydrogens is 529 g/mol. The molecule has 1 aromatic heterocycles. The van der Waals surface area contributed by atoms with Gasteiger partial charge >= 0.3 is 12.3 Å². The molecule has 3 rings (SSSR count). The lowest BCUT2D eigenvalue weighted by molar-refractivity contribution is -0.274. The fourth-order valence-electron chi connectivity index (χ4n) is 2.94. The van der Waals surface area contributed by atoms with E-state index >= 15 is 0 Å². The Morgan fingerprint density at radius 2 is 1.76 bits per heavy atom. The fourth-order valence-corrected chi connectivity index (χ4v) is 3.98. The van der Waals surface area contributed by atoms with Crippen LogP contribution in [0.25, 0.3) is 0 Å². The first kappa shape index (κ1) is 28.3. The molecule has 1 N–H and O–H groups in total. The number of carbonyl (C=O) groups is 1. The van der Waals surface area contributed by atoms with Gasteiger partial charge in [0.05, 0.1) is 25.0 Å². The fraction of sp³-hybridized carbons (Fsp3) is 0.200. The van der Waals surface area contributed by atoms with Gasteiger partial charge in [-0.25, -0.2) is 9.78 Å². The molecule has 200 valence electrons. The number of esters is 1. The highest BCUT2D eigenvalue weighted by Gasteiger charge is 2.31. The molecule has 0 atom stereocenters. The lowest BCUT2D eigenvalue weighted by atomic mass is 10.2. The molecule has 0 radical (unpaired) electrons. The van der Waals surface area contributed by atoms with Gasteiger partial charge in [-0.15, -0.1) is 13.2 Å². The van der Waals surface area contributed by atoms with Gasteiger partial charge in [0, 0.05) is 12.7 Å². The topological polar surface area (TPSA) is 113 Å². The predicted octanol–water partition coefficient (Wildman–Crippen LogP) is 3.99. The number of sulfonamides is 1. The Labute approximate surface area is 216 Å². The first-order chi connectivity index (χ1) is 18.0. The molecule has 0 aliphatic carbocycles. The minimum absolute atomic E-state index is 0.0423. The van der Waals surface area contributed by atoms with Crippen molar-refractivity contribution < 1.29 is 45.3 Å². The maximum absolute atomic E-state index is 13.0. The van der Waals surface area contributed by atoms with Crippen molar-refractivity contribution in [1.29, 1.82) is 0 Å². The average molecular weight is 551 g/mol. The van der Waals surface area contributed by atoms with Crippen molar-refractivity contribution >= 4 is 21.7 Å². The van der Waals surface area contributed by atoms with E-state index in [-0.39, 0.29) is 46.5 Å². The summed E-state index contributed by atoms with van der Waals surface area (Å²) in [4.78, 5) is 16.2. The van der Waals surface area contributed by atoms with Gasteiger partial charge in [0.15, 0.2) is 5.03 Å². The lowest BCUT2D eigenvalue weighted by Crippen LogP contribution is -2.17. The van der Waals surface area contributed by atoms with Crippen LogP contribution < -0.4 is 14.2 Å². The number of ether oxygens (including phenoxy) is 4. The van der Waals surface area contributed by atoms with Crippen LogP contribution >= 0.6 is 0 Å². The zero-order valence-corrected chi connectivity index (χ0v) is 20.9. The van der Waals surface area contributed by atoms with E-state index in [2.05, 4.69) is 26.3 Å². The standard InChI is InChI=1S/C25H21F3N2O7S/c1-34-13-14-36-24(31)18-10-12-21(22(16-18)35-2)30-38(32,33)23-8-4-6-19(29-23)11-9-17-5-3-7-20(15-17)37-25(26,27)28/h3-8,10,12,15-16,30H,13-14H2,1-2H3. The normalized spacial score (nSPS) is 11.2. The second-order valence-corrected chi connectivity index (χ2v) is 8.97. The summed E-state index contributed by atoms with van der Waals surface area (Å²) in [7, 11) is -1.45. The molecular formula is C25H21F3N2O7S. The number of nitrogens with zero attached hydrogens (tertiary/aromatic N) is 1. The summed E-state index contributed by atoms with van der Waals surface area (Å²) in [5.74, 6) is 4.22. The molecule has 0 saturated heterocycles. The molecule has 38 heavy (non-hydrogen) atoms. The van der Waals surface area contributed by atoms with Gasteiger partial charge in [-0.1, -0.05) is 18.1 Å². The van der Waals surface area contributed by atoms with E-state index in [1.165, 1.54) is 62.8 Å². The number of nitrogens with one attached hydrogen (secondary N) is 1. The average Bonchev–Trinajstić information content (AvgIpc) is 2.87. The van der Waals surface area contributed by atoms with Crippen LogP contribution in [0.5, 0.6) is 11.5 Å². The molecule has 0 amide bonds. The Bertz CT molecular complexity index is 1470. The van der Waals surface area contributed by atoms with Crippen molar-refractivity contribution in [2.75, 3.05) is 32.2 Å². The van der Waals surface area contributed by atoms with Crippen LogP contribution in [0.15, 0.2) is 65.7 Å². The molecule has 0 aliphatic heterocycles. The summed E-state index contributed by atoms with van der Waals surface area (Å²) in [5, 5.41) is -0.372. The zero-order valence-electron chi connectivity index (χ0n) is 20.0. The highest BCUT2D eigenvalue weighted by atomic mass is 32.2. The number of halogens is 3. The van der Waals surface area contributed by atoms with Gasteiger partial charge < -0.3 is 18.9 Å². The number of benzene rings is 2. The minimum Gasteiger partial charge on any atom is -0.495 e. The van der Waals surface area contributed by atoms with E-state index in [1.54, 1.807) is 0 Å². The zero-order chi connectivity index (χ0) is 27.8. The van der Waals surface area contributed by atoms with Gasteiger partial charge in [-0.05, 0) is 54.5 Å². The van der Waals surface area contributed by atoms with Crippen LogP contribution in [0.4, 0.5) is 18.9 Å². The van der Waals surface area contributed by atoms with E-state index in [4.69, 9.17) is 14.2 Å². The third-order valence-electron chi connectivity index (χ3n) is 4.60. The molecule has 0 bridgehead atoms. The Balaban J connectivity index is 1.79. The summed E-state index contributed by atoms with van der Waals surface area (Å²) in [6.45, 7) is 0.264. The summed E-state index contributed by atoms with van der Waals surface area (Å²) >= 11 is 0. The van der Waals surface area contributed by atoms with Crippen molar-refractivity contribution in [2.24, 2.45) is 0 Å². The molecule has 0 fully saturated rings. The van der Waals surface area contributed by atoms with Crippen LogP contribution in [0, 0.1) is 11.8 Å². The van der Waals surface area contributed by atoms with E-state index in [0.717, 1.165) is 12.1 Å². The summed E-state index contributed by atoms with van der Waals surface area (Å²) in [6.07, 6.45) is -4.85. The molecule has 13 heteroatoms. The number of hydrogen-bond acceptors (Lipinski definition) is 8. The molecule has 2 aromatic carbocycles. The maximum atomic E-state index is 13.0. The molecule has 0 aliphatic rings. The van der Waals surface area contributed by atoms with Crippen molar-refractivity contribution in [3.05, 3.63) is 77.5 Å².